The molecule has 0 amide bonds. The van der Waals surface area contributed by atoms with E-state index >= 15 is 0 Å². The minimum atomic E-state index is 0.453. The van der Waals surface area contributed by atoms with Crippen LogP contribution >= 0.6 is 0 Å². The first kappa shape index (κ1) is 12.5. The van der Waals surface area contributed by atoms with Gasteiger partial charge in [0.2, 0.25) is 0 Å². The molecule has 94 valence electrons. The lowest BCUT2D eigenvalue weighted by molar-refractivity contribution is -0.153. The van der Waals surface area contributed by atoms with Gasteiger partial charge in [-0.3, -0.25) is 0 Å². The van der Waals surface area contributed by atoms with Gasteiger partial charge in [0.05, 0.1) is 0 Å². The quantitative estimate of drug-likeness (QED) is 0.523. The van der Waals surface area contributed by atoms with Crippen molar-refractivity contribution in [1.82, 2.24) is 0 Å². The number of fused-ring (bicyclic) bond motifs is 3. The van der Waals surface area contributed by atoms with Crippen molar-refractivity contribution in [3.05, 3.63) is 0 Å². The molecule has 3 aliphatic carbocycles. The molecular weight excluding hydrogens is 192 g/mol. The highest BCUT2D eigenvalue weighted by Gasteiger charge is 2.58. The fraction of sp³-hybridized carbons (Fsp3) is 1.00. The number of rotatable bonds is 0. The predicted molar refractivity (Wildman–Crippen MR) is 71.4 cm³/mol. The molecular formula is C16H30. The number of hydrogen-bond donors (Lipinski definition) is 0. The molecule has 3 fully saturated rings. The van der Waals surface area contributed by atoms with Crippen LogP contribution in [0.15, 0.2) is 0 Å². The van der Waals surface area contributed by atoms with Gasteiger partial charge in [-0.15, -0.1) is 0 Å². The highest BCUT2D eigenvalue weighted by Crippen LogP contribution is 2.67. The molecule has 3 saturated carbocycles. The van der Waals surface area contributed by atoms with Crippen molar-refractivity contribution < 1.29 is 0 Å². The Balaban J connectivity index is 2.44. The maximum absolute atomic E-state index is 2.49. The Bertz CT molecular complexity index is 239. The largest absolute Gasteiger partial charge is 0.0596 e. The first-order valence-electron chi connectivity index (χ1n) is 7.18. The van der Waals surface area contributed by atoms with E-state index in [0.29, 0.717) is 16.2 Å². The molecule has 0 radical (unpaired) electrons. The average molecular weight is 222 g/mol. The highest BCUT2D eigenvalue weighted by molar-refractivity contribution is 5.07. The van der Waals surface area contributed by atoms with Gasteiger partial charge in [0.25, 0.3) is 0 Å². The van der Waals surface area contributed by atoms with E-state index < -0.39 is 0 Å². The van der Waals surface area contributed by atoms with Gasteiger partial charge < -0.3 is 0 Å². The van der Waals surface area contributed by atoms with Crippen LogP contribution in [0.1, 0.15) is 73.6 Å². The SMILES string of the molecule is CC(C)(C)C1(C(C)(C)C)CC2CCC1CC2. The van der Waals surface area contributed by atoms with Crippen molar-refractivity contribution >= 4 is 0 Å². The zero-order valence-electron chi connectivity index (χ0n) is 12.2. The minimum absolute atomic E-state index is 0.453. The topological polar surface area (TPSA) is 0 Å². The van der Waals surface area contributed by atoms with Crippen LogP contribution in [0.2, 0.25) is 0 Å². The Morgan fingerprint density at radius 2 is 1.19 bits per heavy atom. The Labute approximate surface area is 102 Å². The van der Waals surface area contributed by atoms with Crippen molar-refractivity contribution in [2.75, 3.05) is 0 Å². The van der Waals surface area contributed by atoms with Crippen molar-refractivity contribution in [3.8, 4) is 0 Å². The summed E-state index contributed by atoms with van der Waals surface area (Å²) in [6.07, 6.45) is 7.51. The van der Waals surface area contributed by atoms with Gasteiger partial charge in [-0.05, 0) is 47.3 Å². The molecule has 0 N–H and O–H groups in total. The summed E-state index contributed by atoms with van der Waals surface area (Å²) in [4.78, 5) is 0. The molecule has 0 saturated heterocycles. The second-order valence-corrected chi connectivity index (χ2v) is 8.39. The third-order valence-electron chi connectivity index (χ3n) is 5.83. The molecule has 0 nitrogen and oxygen atoms in total. The molecule has 3 rings (SSSR count). The third-order valence-corrected chi connectivity index (χ3v) is 5.83. The van der Waals surface area contributed by atoms with Crippen molar-refractivity contribution in [2.24, 2.45) is 28.1 Å². The fourth-order valence-electron chi connectivity index (χ4n) is 5.44. The molecule has 2 bridgehead atoms. The van der Waals surface area contributed by atoms with Gasteiger partial charge >= 0.3 is 0 Å². The standard InChI is InChI=1S/C16H30/c1-14(2,3)16(15(4,5)6)11-12-7-9-13(16)10-8-12/h12-13H,7-11H2,1-6H3. The first-order chi connectivity index (χ1) is 7.18. The maximum atomic E-state index is 2.49. The second-order valence-electron chi connectivity index (χ2n) is 8.39. The van der Waals surface area contributed by atoms with E-state index in [2.05, 4.69) is 41.5 Å². The van der Waals surface area contributed by atoms with E-state index in [1.807, 2.05) is 0 Å². The van der Waals surface area contributed by atoms with Crippen molar-refractivity contribution in [2.45, 2.75) is 73.6 Å². The van der Waals surface area contributed by atoms with E-state index in [9.17, 15) is 0 Å². The predicted octanol–water partition coefficient (Wildman–Crippen LogP) is 5.28. The van der Waals surface area contributed by atoms with Crippen LogP contribution in [-0.4, -0.2) is 0 Å². The van der Waals surface area contributed by atoms with E-state index in [0.717, 1.165) is 11.8 Å². The summed E-state index contributed by atoms with van der Waals surface area (Å²) >= 11 is 0. The van der Waals surface area contributed by atoms with E-state index in [1.54, 1.807) is 0 Å². The molecule has 0 unspecified atom stereocenters. The molecule has 3 aliphatic rings. The van der Waals surface area contributed by atoms with Gasteiger partial charge in [0.15, 0.2) is 0 Å². The molecule has 0 aliphatic heterocycles. The fourth-order valence-corrected chi connectivity index (χ4v) is 5.44. The molecule has 0 heteroatoms. The Morgan fingerprint density at radius 3 is 1.38 bits per heavy atom. The van der Waals surface area contributed by atoms with Crippen LogP contribution in [-0.2, 0) is 0 Å². The molecule has 16 heavy (non-hydrogen) atoms. The van der Waals surface area contributed by atoms with Crippen LogP contribution in [0.5, 0.6) is 0 Å². The Hall–Kier alpha value is 0. The van der Waals surface area contributed by atoms with Crippen LogP contribution in [0, 0.1) is 28.1 Å². The molecule has 0 spiro atoms. The average Bonchev–Trinajstić information content (AvgIpc) is 2.16. The zero-order valence-corrected chi connectivity index (χ0v) is 12.2. The summed E-state index contributed by atoms with van der Waals surface area (Å²) in [5, 5.41) is 0. The zero-order chi connectivity index (χ0) is 12.2. The Kier molecular flexibility index (Phi) is 2.72. The van der Waals surface area contributed by atoms with Crippen molar-refractivity contribution in [3.63, 3.8) is 0 Å². The summed E-state index contributed by atoms with van der Waals surface area (Å²) < 4.78 is 0. The lowest BCUT2D eigenvalue weighted by Crippen LogP contribution is -2.56. The normalized spacial score (nSPS) is 34.1. The van der Waals surface area contributed by atoms with E-state index in [1.165, 1.54) is 32.1 Å². The molecule has 0 aromatic carbocycles. The lowest BCUT2D eigenvalue weighted by atomic mass is 9.40. The van der Waals surface area contributed by atoms with Gasteiger partial charge in [-0.2, -0.15) is 0 Å². The lowest BCUT2D eigenvalue weighted by Gasteiger charge is -2.64. The van der Waals surface area contributed by atoms with Crippen molar-refractivity contribution in [1.29, 1.82) is 0 Å². The molecule has 0 aromatic rings. The Morgan fingerprint density at radius 1 is 0.750 bits per heavy atom. The maximum Gasteiger partial charge on any atom is -0.0169 e. The molecule has 0 heterocycles. The summed E-state index contributed by atoms with van der Waals surface area (Å²) in [5.74, 6) is 2.01. The van der Waals surface area contributed by atoms with Crippen LogP contribution < -0.4 is 0 Å². The van der Waals surface area contributed by atoms with Crippen LogP contribution in [0.3, 0.4) is 0 Å². The first-order valence-corrected chi connectivity index (χ1v) is 7.18. The van der Waals surface area contributed by atoms with Gasteiger partial charge in [-0.25, -0.2) is 0 Å². The molecule has 0 atom stereocenters. The summed E-state index contributed by atoms with van der Waals surface area (Å²) in [5.41, 5.74) is 1.48. The van der Waals surface area contributed by atoms with Gasteiger partial charge in [-0.1, -0.05) is 54.4 Å². The van der Waals surface area contributed by atoms with E-state index in [4.69, 9.17) is 0 Å². The second kappa shape index (κ2) is 3.50. The highest BCUT2D eigenvalue weighted by atomic mass is 14.6. The summed E-state index contributed by atoms with van der Waals surface area (Å²) in [6, 6.07) is 0. The summed E-state index contributed by atoms with van der Waals surface area (Å²) in [7, 11) is 0. The van der Waals surface area contributed by atoms with E-state index in [-0.39, 0.29) is 0 Å². The van der Waals surface area contributed by atoms with Crippen LogP contribution in [0.25, 0.3) is 0 Å². The smallest absolute Gasteiger partial charge is 0.0169 e. The monoisotopic (exact) mass is 222 g/mol. The minimum Gasteiger partial charge on any atom is -0.0596 e. The van der Waals surface area contributed by atoms with Gasteiger partial charge in [0.1, 0.15) is 0 Å². The third kappa shape index (κ3) is 1.56. The molecule has 0 aromatic heterocycles. The summed E-state index contributed by atoms with van der Waals surface area (Å²) in [6.45, 7) is 14.9. The van der Waals surface area contributed by atoms with Gasteiger partial charge in [0, 0.05) is 0 Å². The van der Waals surface area contributed by atoms with Crippen LogP contribution in [0.4, 0.5) is 0 Å². The number of hydrogen-bond acceptors (Lipinski definition) is 0.